The number of hydrogen-bond acceptors (Lipinski definition) is 5. The Morgan fingerprint density at radius 1 is 1.29 bits per heavy atom. The van der Waals surface area contributed by atoms with Gasteiger partial charge in [-0.05, 0) is 47.9 Å². The van der Waals surface area contributed by atoms with E-state index in [4.69, 9.17) is 22.1 Å². The second-order valence-corrected chi connectivity index (χ2v) is 8.85. The minimum absolute atomic E-state index is 0.0404. The molecule has 7 nitrogen and oxygen atoms in total. The van der Waals surface area contributed by atoms with Gasteiger partial charge in [0.1, 0.15) is 17.6 Å². The van der Waals surface area contributed by atoms with Gasteiger partial charge in [0.05, 0.1) is 30.1 Å². The first-order valence-electron chi connectivity index (χ1n) is 11.2. The fourth-order valence-electron chi connectivity index (χ4n) is 4.20. The average molecular weight is 497 g/mol. The summed E-state index contributed by atoms with van der Waals surface area (Å²) in [5.41, 5.74) is 8.74. The lowest BCUT2D eigenvalue weighted by atomic mass is 9.99. The monoisotopic (exact) mass is 496 g/mol. The van der Waals surface area contributed by atoms with Gasteiger partial charge in [0, 0.05) is 25.1 Å². The molecule has 1 aliphatic heterocycles. The summed E-state index contributed by atoms with van der Waals surface area (Å²) in [5, 5.41) is 3.24. The average Bonchev–Trinajstić information content (AvgIpc) is 2.83. The van der Waals surface area contributed by atoms with E-state index in [1.165, 1.54) is 13.2 Å². The number of amides is 2. The van der Waals surface area contributed by atoms with Crippen LogP contribution in [0.15, 0.2) is 60.8 Å². The number of ether oxygens (including phenoxy) is 1. The van der Waals surface area contributed by atoms with Crippen LogP contribution < -0.4 is 20.7 Å². The minimum atomic E-state index is -0.792. The minimum Gasteiger partial charge on any atom is -0.495 e. The Morgan fingerprint density at radius 3 is 2.83 bits per heavy atom. The van der Waals surface area contributed by atoms with Gasteiger partial charge in [0.25, 0.3) is 0 Å². The van der Waals surface area contributed by atoms with Crippen LogP contribution in [0.3, 0.4) is 0 Å². The van der Waals surface area contributed by atoms with Gasteiger partial charge in [0.2, 0.25) is 11.8 Å². The van der Waals surface area contributed by atoms with Crippen LogP contribution in [-0.4, -0.2) is 36.0 Å². The van der Waals surface area contributed by atoms with Gasteiger partial charge in [-0.2, -0.15) is 0 Å². The first-order valence-corrected chi connectivity index (χ1v) is 11.6. The summed E-state index contributed by atoms with van der Waals surface area (Å²) in [4.78, 5) is 32.1. The summed E-state index contributed by atoms with van der Waals surface area (Å²) in [6.07, 6.45) is 2.10. The number of fused-ring (bicyclic) bond motifs is 1. The number of benzene rings is 2. The number of nitrogens with one attached hydrogen (secondary N) is 1. The molecule has 4 rings (SSSR count). The third-order valence-corrected chi connectivity index (χ3v) is 6.19. The highest BCUT2D eigenvalue weighted by Gasteiger charge is 2.34. The van der Waals surface area contributed by atoms with Gasteiger partial charge in [-0.25, -0.2) is 4.39 Å². The molecule has 3 N–H and O–H groups in total. The highest BCUT2D eigenvalue weighted by Crippen LogP contribution is 2.30. The van der Waals surface area contributed by atoms with Crippen molar-refractivity contribution in [1.82, 2.24) is 10.3 Å². The maximum atomic E-state index is 13.9. The van der Waals surface area contributed by atoms with Crippen molar-refractivity contribution >= 4 is 29.1 Å². The van der Waals surface area contributed by atoms with Gasteiger partial charge >= 0.3 is 0 Å². The van der Waals surface area contributed by atoms with Crippen molar-refractivity contribution in [2.75, 3.05) is 12.0 Å². The van der Waals surface area contributed by atoms with Crippen molar-refractivity contribution in [1.29, 1.82) is 0 Å². The SMILES string of the molecule is COc1ccc(CN2C(=O)C(NC(=O)C[C@H](N)Cc3ccccc3F)Cc3ncccc32)cc1Cl. The molecule has 182 valence electrons. The van der Waals surface area contributed by atoms with Crippen LogP contribution >= 0.6 is 11.6 Å². The number of nitrogens with zero attached hydrogens (tertiary/aromatic N) is 2. The molecule has 1 unspecified atom stereocenters. The highest BCUT2D eigenvalue weighted by atomic mass is 35.5. The van der Waals surface area contributed by atoms with Gasteiger partial charge in [0.15, 0.2) is 0 Å². The predicted octanol–water partition coefficient (Wildman–Crippen LogP) is 3.42. The number of aromatic nitrogens is 1. The van der Waals surface area contributed by atoms with Crippen LogP contribution in [0, 0.1) is 5.82 Å². The lowest BCUT2D eigenvalue weighted by Crippen LogP contribution is -2.53. The molecule has 0 fully saturated rings. The molecule has 0 bridgehead atoms. The van der Waals surface area contributed by atoms with Gasteiger partial charge in [-0.1, -0.05) is 35.9 Å². The number of pyridine rings is 1. The zero-order valence-electron chi connectivity index (χ0n) is 19.2. The molecule has 2 heterocycles. The molecule has 0 radical (unpaired) electrons. The number of carbonyl (C=O) groups is 2. The van der Waals surface area contributed by atoms with Crippen molar-refractivity contribution < 1.29 is 18.7 Å². The fourth-order valence-corrected chi connectivity index (χ4v) is 4.48. The molecule has 0 spiro atoms. The highest BCUT2D eigenvalue weighted by molar-refractivity contribution is 6.32. The summed E-state index contributed by atoms with van der Waals surface area (Å²) >= 11 is 6.26. The lowest BCUT2D eigenvalue weighted by molar-refractivity contribution is -0.128. The maximum absolute atomic E-state index is 13.9. The lowest BCUT2D eigenvalue weighted by Gasteiger charge is -2.34. The van der Waals surface area contributed by atoms with E-state index in [0.717, 1.165) is 5.56 Å². The molecule has 1 aliphatic rings. The Labute approximate surface area is 208 Å². The molecular weight excluding hydrogens is 471 g/mol. The molecule has 9 heteroatoms. The maximum Gasteiger partial charge on any atom is 0.250 e. The van der Waals surface area contributed by atoms with Gasteiger partial charge in [-0.15, -0.1) is 0 Å². The number of halogens is 2. The molecule has 0 saturated heterocycles. The molecule has 0 aliphatic carbocycles. The second kappa shape index (κ2) is 10.8. The Morgan fingerprint density at radius 2 is 2.09 bits per heavy atom. The number of methoxy groups -OCH3 is 1. The van der Waals surface area contributed by atoms with E-state index in [-0.39, 0.29) is 43.4 Å². The Kier molecular flexibility index (Phi) is 7.63. The molecule has 1 aromatic heterocycles. The Bertz CT molecular complexity index is 1240. The first-order chi connectivity index (χ1) is 16.9. The first kappa shape index (κ1) is 24.6. The molecule has 2 atom stereocenters. The second-order valence-electron chi connectivity index (χ2n) is 8.45. The van der Waals surface area contributed by atoms with Crippen molar-refractivity contribution in [3.63, 3.8) is 0 Å². The Hall–Kier alpha value is -3.49. The largest absolute Gasteiger partial charge is 0.495 e. The van der Waals surface area contributed by atoms with Crippen LogP contribution in [0.2, 0.25) is 5.02 Å². The fraction of sp³-hybridized carbons (Fsp3) is 0.269. The summed E-state index contributed by atoms with van der Waals surface area (Å²) in [6.45, 7) is 0.250. The topological polar surface area (TPSA) is 97.5 Å². The van der Waals surface area contributed by atoms with E-state index in [9.17, 15) is 14.0 Å². The van der Waals surface area contributed by atoms with Gasteiger partial charge in [-0.3, -0.25) is 14.6 Å². The summed E-state index contributed by atoms with van der Waals surface area (Å²) in [6, 6.07) is 13.9. The molecule has 2 aromatic carbocycles. The van der Waals surface area contributed by atoms with E-state index in [1.807, 2.05) is 12.1 Å². The van der Waals surface area contributed by atoms with Crippen molar-refractivity contribution in [3.05, 3.63) is 88.5 Å². The molecule has 2 amide bonds. The van der Waals surface area contributed by atoms with Crippen LogP contribution in [0.5, 0.6) is 5.75 Å². The molecular formula is C26H26ClFN4O3. The van der Waals surface area contributed by atoms with E-state index < -0.39 is 12.1 Å². The van der Waals surface area contributed by atoms with Crippen molar-refractivity contribution in [3.8, 4) is 5.75 Å². The summed E-state index contributed by atoms with van der Waals surface area (Å²) < 4.78 is 19.1. The van der Waals surface area contributed by atoms with Gasteiger partial charge < -0.3 is 20.7 Å². The number of anilines is 1. The van der Waals surface area contributed by atoms with Crippen molar-refractivity contribution in [2.45, 2.75) is 37.9 Å². The summed E-state index contributed by atoms with van der Waals surface area (Å²) in [5.74, 6) is -0.449. The standard InChI is InChI=1S/C26H26ClFN4O3/c1-35-24-9-8-16(11-19(24)27)15-32-23-7-4-10-30-21(23)14-22(26(32)34)31-25(33)13-18(29)12-17-5-2-3-6-20(17)28/h2-11,18,22H,12-15,29H2,1H3,(H,31,33)/t18-,22?/m1/s1. The molecule has 3 aromatic rings. The van der Waals surface area contributed by atoms with Crippen LogP contribution in [0.25, 0.3) is 0 Å². The molecule has 35 heavy (non-hydrogen) atoms. The van der Waals surface area contributed by atoms with Crippen LogP contribution in [0.4, 0.5) is 10.1 Å². The van der Waals surface area contributed by atoms with E-state index in [1.54, 1.807) is 47.5 Å². The third kappa shape index (κ3) is 5.78. The number of rotatable bonds is 8. The van der Waals surface area contributed by atoms with E-state index >= 15 is 0 Å². The number of nitrogens with two attached hydrogens (primary N) is 1. The zero-order chi connectivity index (χ0) is 24.9. The smallest absolute Gasteiger partial charge is 0.250 e. The van der Waals surface area contributed by atoms with E-state index in [0.29, 0.717) is 27.7 Å². The number of hydrogen-bond donors (Lipinski definition) is 2. The van der Waals surface area contributed by atoms with Crippen LogP contribution in [0.1, 0.15) is 23.2 Å². The number of carbonyl (C=O) groups excluding carboxylic acids is 2. The third-order valence-electron chi connectivity index (χ3n) is 5.90. The zero-order valence-corrected chi connectivity index (χ0v) is 20.0. The normalized spacial score (nSPS) is 15.9. The molecule has 0 saturated carbocycles. The van der Waals surface area contributed by atoms with Crippen molar-refractivity contribution in [2.24, 2.45) is 5.73 Å². The summed E-state index contributed by atoms with van der Waals surface area (Å²) in [7, 11) is 1.53. The Balaban J connectivity index is 1.47. The van der Waals surface area contributed by atoms with Crippen LogP contribution in [-0.2, 0) is 29.0 Å². The quantitative estimate of drug-likeness (QED) is 0.498. The predicted molar refractivity (Wildman–Crippen MR) is 132 cm³/mol. The van der Waals surface area contributed by atoms with E-state index in [2.05, 4.69) is 10.3 Å².